The Hall–Kier alpha value is -2.37. The van der Waals surface area contributed by atoms with Gasteiger partial charge in [0.05, 0.1) is 5.52 Å². The summed E-state index contributed by atoms with van der Waals surface area (Å²) in [5.74, 6) is 0.0119. The van der Waals surface area contributed by atoms with Crippen LogP contribution in [0.1, 0.15) is 46.6 Å². The van der Waals surface area contributed by atoms with E-state index in [9.17, 15) is 9.59 Å². The second-order valence-corrected chi connectivity index (χ2v) is 7.35. The third-order valence-corrected chi connectivity index (χ3v) is 4.66. The monoisotopic (exact) mass is 342 g/mol. The molecule has 6 nitrogen and oxygen atoms in total. The topological polar surface area (TPSA) is 67.2 Å². The molecule has 6 heteroatoms. The minimum absolute atomic E-state index is 0.0643. The normalized spacial score (nSPS) is 16.2. The Labute approximate surface area is 148 Å². The van der Waals surface area contributed by atoms with E-state index in [0.717, 1.165) is 23.0 Å². The lowest BCUT2D eigenvalue weighted by Gasteiger charge is -2.29. The van der Waals surface area contributed by atoms with E-state index in [-0.39, 0.29) is 23.8 Å². The van der Waals surface area contributed by atoms with Gasteiger partial charge < -0.3 is 10.2 Å². The lowest BCUT2D eigenvalue weighted by molar-refractivity contribution is -0.136. The van der Waals surface area contributed by atoms with Gasteiger partial charge in [-0.15, -0.1) is 0 Å². The number of carbonyl (C=O) groups excluding carboxylic acids is 2. The van der Waals surface area contributed by atoms with Crippen molar-refractivity contribution in [3.8, 4) is 0 Å². The zero-order chi connectivity index (χ0) is 18.1. The molecule has 1 aromatic carbocycles. The number of aromatic nitrogens is 2. The van der Waals surface area contributed by atoms with Crippen LogP contribution in [-0.2, 0) is 9.59 Å². The molecule has 3 rings (SSSR count). The Bertz CT molecular complexity index is 794. The zero-order valence-corrected chi connectivity index (χ0v) is 15.3. The molecule has 1 atom stereocenters. The van der Waals surface area contributed by atoms with Gasteiger partial charge >= 0.3 is 0 Å². The Balaban J connectivity index is 1.81. The van der Waals surface area contributed by atoms with E-state index >= 15 is 0 Å². The van der Waals surface area contributed by atoms with Gasteiger partial charge in [-0.25, -0.2) is 0 Å². The summed E-state index contributed by atoms with van der Waals surface area (Å²) in [6, 6.07) is 5.57. The molecule has 1 aliphatic heterocycles. The number of amides is 2. The van der Waals surface area contributed by atoms with Crippen molar-refractivity contribution < 1.29 is 9.59 Å². The van der Waals surface area contributed by atoms with Crippen LogP contribution in [0.15, 0.2) is 24.4 Å². The average Bonchev–Trinajstić information content (AvgIpc) is 3.13. The smallest absolute Gasteiger partial charge is 0.247 e. The van der Waals surface area contributed by atoms with E-state index in [1.54, 1.807) is 4.90 Å². The number of likely N-dealkylation sites (tertiary alicyclic amines) is 1. The summed E-state index contributed by atoms with van der Waals surface area (Å²) >= 11 is 0. The molecular weight excluding hydrogens is 316 g/mol. The molecule has 25 heavy (non-hydrogen) atoms. The van der Waals surface area contributed by atoms with Crippen LogP contribution in [0.5, 0.6) is 0 Å². The van der Waals surface area contributed by atoms with Crippen molar-refractivity contribution in [2.45, 2.75) is 52.6 Å². The van der Waals surface area contributed by atoms with Gasteiger partial charge in [0.2, 0.25) is 11.8 Å². The first-order valence-electron chi connectivity index (χ1n) is 8.96. The molecule has 0 bridgehead atoms. The largest absolute Gasteiger partial charge is 0.330 e. The number of rotatable bonds is 5. The van der Waals surface area contributed by atoms with Crippen LogP contribution < -0.4 is 5.32 Å². The Morgan fingerprint density at radius 1 is 1.24 bits per heavy atom. The maximum absolute atomic E-state index is 12.8. The fourth-order valence-corrected chi connectivity index (χ4v) is 3.37. The third-order valence-electron chi connectivity index (χ3n) is 4.66. The van der Waals surface area contributed by atoms with E-state index in [1.807, 2.05) is 42.9 Å². The van der Waals surface area contributed by atoms with Gasteiger partial charge in [-0.2, -0.15) is 5.10 Å². The van der Waals surface area contributed by atoms with Crippen molar-refractivity contribution in [1.82, 2.24) is 14.7 Å². The molecule has 0 radical (unpaired) electrons. The first kappa shape index (κ1) is 17.5. The molecule has 2 heterocycles. The summed E-state index contributed by atoms with van der Waals surface area (Å²) in [5, 5.41) is 8.49. The predicted molar refractivity (Wildman–Crippen MR) is 98.3 cm³/mol. The number of hydrogen-bond donors (Lipinski definition) is 1. The number of nitrogens with zero attached hydrogens (tertiary/aromatic N) is 3. The van der Waals surface area contributed by atoms with Gasteiger partial charge in [0.1, 0.15) is 6.04 Å². The van der Waals surface area contributed by atoms with Crippen molar-refractivity contribution in [2.24, 2.45) is 5.92 Å². The highest BCUT2D eigenvalue weighted by molar-refractivity contribution is 5.99. The van der Waals surface area contributed by atoms with Crippen LogP contribution in [0.2, 0.25) is 0 Å². The van der Waals surface area contributed by atoms with Gasteiger partial charge in [0.25, 0.3) is 0 Å². The Kier molecular flexibility index (Phi) is 4.79. The summed E-state index contributed by atoms with van der Waals surface area (Å²) in [5.41, 5.74) is 1.64. The standard InChI is InChI=1S/C19H26N4O2/c1-12(2)18(22-9-5-6-17(22)24)19(25)20-15-7-8-16-14(10-15)11-23(21-16)13(3)4/h7-8,10-13,18H,5-6,9H2,1-4H3,(H,20,25)/t18-/m0/s1. The maximum Gasteiger partial charge on any atom is 0.247 e. The van der Waals surface area contributed by atoms with Crippen molar-refractivity contribution in [1.29, 1.82) is 0 Å². The van der Waals surface area contributed by atoms with Crippen LogP contribution >= 0.6 is 0 Å². The lowest BCUT2D eigenvalue weighted by atomic mass is 10.0. The molecule has 1 saturated heterocycles. The van der Waals surface area contributed by atoms with Crippen LogP contribution in [-0.4, -0.2) is 39.1 Å². The quantitative estimate of drug-likeness (QED) is 0.907. The second kappa shape index (κ2) is 6.86. The van der Waals surface area contributed by atoms with E-state index in [0.29, 0.717) is 13.0 Å². The van der Waals surface area contributed by atoms with Crippen LogP contribution in [0, 0.1) is 5.92 Å². The minimum atomic E-state index is -0.427. The molecule has 0 unspecified atom stereocenters. The number of fused-ring (bicyclic) bond motifs is 1. The summed E-state index contributed by atoms with van der Waals surface area (Å²) in [7, 11) is 0. The van der Waals surface area contributed by atoms with Crippen LogP contribution in [0.3, 0.4) is 0 Å². The molecule has 1 aliphatic rings. The number of benzene rings is 1. The molecule has 134 valence electrons. The molecule has 1 aromatic heterocycles. The van der Waals surface area contributed by atoms with Crippen molar-refractivity contribution in [3.05, 3.63) is 24.4 Å². The van der Waals surface area contributed by atoms with Gasteiger partial charge in [0.15, 0.2) is 0 Å². The lowest BCUT2D eigenvalue weighted by Crippen LogP contribution is -2.47. The molecule has 0 aliphatic carbocycles. The fraction of sp³-hybridized carbons (Fsp3) is 0.526. The van der Waals surface area contributed by atoms with Crippen molar-refractivity contribution in [2.75, 3.05) is 11.9 Å². The van der Waals surface area contributed by atoms with Crippen molar-refractivity contribution >= 4 is 28.4 Å². The number of carbonyl (C=O) groups is 2. The number of anilines is 1. The maximum atomic E-state index is 12.8. The molecule has 2 amide bonds. The van der Waals surface area contributed by atoms with Gasteiger partial charge in [-0.05, 0) is 44.4 Å². The van der Waals surface area contributed by atoms with Crippen LogP contribution in [0.4, 0.5) is 5.69 Å². The average molecular weight is 342 g/mol. The fourth-order valence-electron chi connectivity index (χ4n) is 3.37. The van der Waals surface area contributed by atoms with E-state index in [2.05, 4.69) is 24.3 Å². The van der Waals surface area contributed by atoms with Gasteiger partial charge in [-0.3, -0.25) is 14.3 Å². The van der Waals surface area contributed by atoms with Crippen molar-refractivity contribution in [3.63, 3.8) is 0 Å². The Morgan fingerprint density at radius 2 is 2.00 bits per heavy atom. The third kappa shape index (κ3) is 3.52. The zero-order valence-electron chi connectivity index (χ0n) is 15.3. The number of hydrogen-bond acceptors (Lipinski definition) is 3. The summed E-state index contributed by atoms with van der Waals surface area (Å²) in [6.45, 7) is 8.77. The predicted octanol–water partition coefficient (Wildman–Crippen LogP) is 3.20. The molecular formula is C19H26N4O2. The first-order chi connectivity index (χ1) is 11.9. The second-order valence-electron chi connectivity index (χ2n) is 7.35. The highest BCUT2D eigenvalue weighted by atomic mass is 16.2. The van der Waals surface area contributed by atoms with E-state index in [4.69, 9.17) is 0 Å². The minimum Gasteiger partial charge on any atom is -0.330 e. The molecule has 1 N–H and O–H groups in total. The molecule has 0 spiro atoms. The van der Waals surface area contributed by atoms with Gasteiger partial charge in [0, 0.05) is 36.3 Å². The van der Waals surface area contributed by atoms with Gasteiger partial charge in [-0.1, -0.05) is 13.8 Å². The summed E-state index contributed by atoms with van der Waals surface area (Å²) < 4.78 is 1.91. The highest BCUT2D eigenvalue weighted by Crippen LogP contribution is 2.23. The summed E-state index contributed by atoms with van der Waals surface area (Å²) in [4.78, 5) is 26.6. The summed E-state index contributed by atoms with van der Waals surface area (Å²) in [6.07, 6.45) is 3.35. The first-order valence-corrected chi connectivity index (χ1v) is 8.96. The molecule has 2 aromatic rings. The molecule has 1 fully saturated rings. The Morgan fingerprint density at radius 3 is 2.60 bits per heavy atom. The van der Waals surface area contributed by atoms with Crippen LogP contribution in [0.25, 0.3) is 10.9 Å². The SMILES string of the molecule is CC(C)[C@@H](C(=O)Nc1ccc2nn(C(C)C)cc2c1)N1CCCC1=O. The van der Waals surface area contributed by atoms with E-state index < -0.39 is 6.04 Å². The highest BCUT2D eigenvalue weighted by Gasteiger charge is 2.34. The number of nitrogens with one attached hydrogen (secondary N) is 1. The van der Waals surface area contributed by atoms with E-state index in [1.165, 1.54) is 0 Å². The molecule has 0 saturated carbocycles.